The average Bonchev–Trinajstić information content (AvgIpc) is 2.93. The van der Waals surface area contributed by atoms with Gasteiger partial charge in [-0.15, -0.1) is 11.3 Å². The number of carbonyl (C=O) groups excluding carboxylic acids is 1. The summed E-state index contributed by atoms with van der Waals surface area (Å²) in [7, 11) is 0. The highest BCUT2D eigenvalue weighted by molar-refractivity contribution is 7.18. The number of nitrogens with one attached hydrogen (secondary N) is 1. The SMILES string of the molecule is CCC1(CNc2cc(N)c(C(N)=O)s2)CC1. The van der Waals surface area contributed by atoms with E-state index >= 15 is 0 Å². The van der Waals surface area contributed by atoms with Crippen LogP contribution in [0.2, 0.25) is 0 Å². The molecule has 2 rings (SSSR count). The van der Waals surface area contributed by atoms with Crippen LogP contribution in [0.25, 0.3) is 0 Å². The van der Waals surface area contributed by atoms with Gasteiger partial charge in [0, 0.05) is 6.54 Å². The lowest BCUT2D eigenvalue weighted by Gasteiger charge is -2.12. The fourth-order valence-corrected chi connectivity index (χ4v) is 2.62. The first-order valence-corrected chi connectivity index (χ1v) is 6.31. The minimum Gasteiger partial charge on any atom is -0.397 e. The van der Waals surface area contributed by atoms with E-state index in [1.54, 1.807) is 6.07 Å². The van der Waals surface area contributed by atoms with Crippen LogP contribution in [0.4, 0.5) is 10.7 Å². The van der Waals surface area contributed by atoms with Crippen LogP contribution in [0, 0.1) is 5.41 Å². The number of carbonyl (C=O) groups is 1. The van der Waals surface area contributed by atoms with Crippen molar-refractivity contribution in [3.63, 3.8) is 0 Å². The van der Waals surface area contributed by atoms with Crippen molar-refractivity contribution >= 4 is 27.9 Å². The molecule has 1 aromatic heterocycles. The molecule has 0 atom stereocenters. The molecule has 0 bridgehead atoms. The molecule has 1 aliphatic rings. The van der Waals surface area contributed by atoms with Gasteiger partial charge in [-0.3, -0.25) is 4.79 Å². The highest BCUT2D eigenvalue weighted by atomic mass is 32.1. The third-order valence-corrected chi connectivity index (χ3v) is 4.45. The molecule has 5 heteroatoms. The highest BCUT2D eigenvalue weighted by Crippen LogP contribution is 2.48. The average molecular weight is 239 g/mol. The molecule has 1 heterocycles. The summed E-state index contributed by atoms with van der Waals surface area (Å²) < 4.78 is 0. The van der Waals surface area contributed by atoms with E-state index in [1.165, 1.54) is 30.6 Å². The quantitative estimate of drug-likeness (QED) is 0.735. The molecule has 1 aromatic rings. The summed E-state index contributed by atoms with van der Waals surface area (Å²) in [5.41, 5.74) is 11.9. The van der Waals surface area contributed by atoms with Crippen LogP contribution in [-0.4, -0.2) is 12.5 Å². The number of nitrogens with two attached hydrogens (primary N) is 2. The standard InChI is InChI=1S/C11H17N3OS/c1-2-11(3-4-11)6-14-8-5-7(12)9(16-8)10(13)15/h5,14H,2-4,6,12H2,1H3,(H2,13,15). The number of thiophene rings is 1. The third-order valence-electron chi connectivity index (χ3n) is 3.33. The Morgan fingerprint density at radius 3 is 2.75 bits per heavy atom. The Morgan fingerprint density at radius 2 is 2.31 bits per heavy atom. The Labute approximate surface area is 99.0 Å². The lowest BCUT2D eigenvalue weighted by Crippen LogP contribution is -2.13. The van der Waals surface area contributed by atoms with E-state index in [9.17, 15) is 4.79 Å². The van der Waals surface area contributed by atoms with Gasteiger partial charge in [0.2, 0.25) is 0 Å². The van der Waals surface area contributed by atoms with E-state index in [-0.39, 0.29) is 0 Å². The smallest absolute Gasteiger partial charge is 0.260 e. The van der Waals surface area contributed by atoms with Gasteiger partial charge < -0.3 is 16.8 Å². The highest BCUT2D eigenvalue weighted by Gasteiger charge is 2.40. The van der Waals surface area contributed by atoms with Crippen molar-refractivity contribution in [1.29, 1.82) is 0 Å². The Balaban J connectivity index is 2.00. The maximum absolute atomic E-state index is 11.0. The first kappa shape index (κ1) is 11.3. The lowest BCUT2D eigenvalue weighted by molar-refractivity contribution is 0.100. The number of amides is 1. The van der Waals surface area contributed by atoms with Crippen LogP contribution in [-0.2, 0) is 0 Å². The molecule has 4 nitrogen and oxygen atoms in total. The lowest BCUT2D eigenvalue weighted by atomic mass is 10.0. The van der Waals surface area contributed by atoms with Crippen molar-refractivity contribution in [3.8, 4) is 0 Å². The first-order chi connectivity index (χ1) is 7.56. The van der Waals surface area contributed by atoms with Gasteiger partial charge >= 0.3 is 0 Å². The van der Waals surface area contributed by atoms with Gasteiger partial charge in [0.25, 0.3) is 5.91 Å². The van der Waals surface area contributed by atoms with Gasteiger partial charge in [-0.2, -0.15) is 0 Å². The van der Waals surface area contributed by atoms with E-state index in [1.807, 2.05) is 0 Å². The van der Waals surface area contributed by atoms with E-state index < -0.39 is 5.91 Å². The summed E-state index contributed by atoms with van der Waals surface area (Å²) >= 11 is 1.34. The van der Waals surface area contributed by atoms with Crippen molar-refractivity contribution in [3.05, 3.63) is 10.9 Å². The first-order valence-electron chi connectivity index (χ1n) is 5.49. The topological polar surface area (TPSA) is 81.1 Å². The van der Waals surface area contributed by atoms with Crippen LogP contribution in [0.15, 0.2) is 6.07 Å². The Hall–Kier alpha value is -1.23. The van der Waals surface area contributed by atoms with Crippen LogP contribution in [0.5, 0.6) is 0 Å². The second-order valence-corrected chi connectivity index (χ2v) is 5.52. The molecule has 5 N–H and O–H groups in total. The summed E-state index contributed by atoms with van der Waals surface area (Å²) in [6.07, 6.45) is 3.78. The van der Waals surface area contributed by atoms with Gasteiger partial charge in [0.15, 0.2) is 0 Å². The molecule has 0 unspecified atom stereocenters. The third kappa shape index (κ3) is 2.14. The van der Waals surface area contributed by atoms with Crippen LogP contribution in [0.1, 0.15) is 35.9 Å². The molecule has 88 valence electrons. The molecule has 0 aromatic carbocycles. The second-order valence-electron chi connectivity index (χ2n) is 4.47. The molecule has 1 amide bonds. The molecule has 16 heavy (non-hydrogen) atoms. The maximum atomic E-state index is 11.0. The van der Waals surface area contributed by atoms with E-state index in [2.05, 4.69) is 12.2 Å². The zero-order chi connectivity index (χ0) is 11.8. The second kappa shape index (κ2) is 3.97. The van der Waals surface area contributed by atoms with Gasteiger partial charge in [-0.1, -0.05) is 6.92 Å². The summed E-state index contributed by atoms with van der Waals surface area (Å²) in [6, 6.07) is 1.79. The normalized spacial score (nSPS) is 17.1. The van der Waals surface area contributed by atoms with Crippen molar-refractivity contribution in [2.75, 3.05) is 17.6 Å². The fourth-order valence-electron chi connectivity index (χ4n) is 1.79. The van der Waals surface area contributed by atoms with Crippen LogP contribution in [0.3, 0.4) is 0 Å². The van der Waals surface area contributed by atoms with Gasteiger partial charge in [0.05, 0.1) is 10.7 Å². The molecule has 1 saturated carbocycles. The number of rotatable bonds is 5. The summed E-state index contributed by atoms with van der Waals surface area (Å²) in [6.45, 7) is 3.17. The zero-order valence-electron chi connectivity index (χ0n) is 9.38. The Morgan fingerprint density at radius 1 is 1.62 bits per heavy atom. The number of nitrogen functional groups attached to an aromatic ring is 1. The van der Waals surface area contributed by atoms with Crippen molar-refractivity contribution in [1.82, 2.24) is 0 Å². The Kier molecular flexibility index (Phi) is 2.80. The van der Waals surface area contributed by atoms with E-state index in [0.717, 1.165) is 11.5 Å². The molecular formula is C11H17N3OS. The van der Waals surface area contributed by atoms with Crippen molar-refractivity contribution < 1.29 is 4.79 Å². The van der Waals surface area contributed by atoms with Gasteiger partial charge in [0.1, 0.15) is 4.88 Å². The van der Waals surface area contributed by atoms with E-state index in [0.29, 0.717) is 16.0 Å². The molecule has 1 fully saturated rings. The van der Waals surface area contributed by atoms with Gasteiger partial charge in [-0.25, -0.2) is 0 Å². The minimum absolute atomic E-state index is 0.448. The summed E-state index contributed by atoms with van der Waals surface area (Å²) in [5, 5.41) is 4.28. The van der Waals surface area contributed by atoms with E-state index in [4.69, 9.17) is 11.5 Å². The predicted molar refractivity (Wildman–Crippen MR) is 67.7 cm³/mol. The number of hydrogen-bond acceptors (Lipinski definition) is 4. The molecule has 0 spiro atoms. The predicted octanol–water partition coefficient (Wildman–Crippen LogP) is 2.03. The largest absolute Gasteiger partial charge is 0.397 e. The summed E-state index contributed by atoms with van der Waals surface area (Å²) in [4.78, 5) is 11.5. The van der Waals surface area contributed by atoms with Gasteiger partial charge in [-0.05, 0) is 30.7 Å². The number of anilines is 2. The maximum Gasteiger partial charge on any atom is 0.260 e. The molecule has 0 saturated heterocycles. The Bertz CT molecular complexity index is 409. The molecule has 0 radical (unpaired) electrons. The molecular weight excluding hydrogens is 222 g/mol. The monoisotopic (exact) mass is 239 g/mol. The number of primary amides is 1. The zero-order valence-corrected chi connectivity index (χ0v) is 10.2. The molecule has 1 aliphatic carbocycles. The van der Waals surface area contributed by atoms with Crippen molar-refractivity contribution in [2.24, 2.45) is 11.1 Å². The van der Waals surface area contributed by atoms with Crippen LogP contribution < -0.4 is 16.8 Å². The van der Waals surface area contributed by atoms with Crippen LogP contribution >= 0.6 is 11.3 Å². The van der Waals surface area contributed by atoms with Crippen molar-refractivity contribution in [2.45, 2.75) is 26.2 Å². The number of hydrogen-bond donors (Lipinski definition) is 3. The summed E-state index contributed by atoms with van der Waals surface area (Å²) in [5.74, 6) is -0.452. The fraction of sp³-hybridized carbons (Fsp3) is 0.545. The minimum atomic E-state index is -0.452. The molecule has 0 aliphatic heterocycles.